The van der Waals surface area contributed by atoms with E-state index in [4.69, 9.17) is 14.2 Å². The van der Waals surface area contributed by atoms with Gasteiger partial charge in [0.25, 0.3) is 5.91 Å². The molecule has 0 saturated heterocycles. The zero-order chi connectivity index (χ0) is 21.8. The van der Waals surface area contributed by atoms with Crippen molar-refractivity contribution < 1.29 is 33.5 Å². The standard InChI is InChI=1S/C19H18N2O8S/c1-27-13-7-6-10(8-12(13)21(25)26)18(23)29-9-15(22)20-17-16(19(24)28-2)11-4-3-5-14(11)30-17/h6-8H,3-5,9H2,1-2H3,(H,20,22). The van der Waals surface area contributed by atoms with Crippen molar-refractivity contribution in [3.63, 3.8) is 0 Å². The van der Waals surface area contributed by atoms with Crippen LogP contribution < -0.4 is 10.1 Å². The Hall–Kier alpha value is -3.47. The van der Waals surface area contributed by atoms with Crippen molar-refractivity contribution in [2.75, 3.05) is 26.1 Å². The molecule has 30 heavy (non-hydrogen) atoms. The number of amides is 1. The quantitative estimate of drug-likeness (QED) is 0.399. The van der Waals surface area contributed by atoms with Crippen LogP contribution in [0.15, 0.2) is 18.2 Å². The molecule has 0 atom stereocenters. The average molecular weight is 434 g/mol. The van der Waals surface area contributed by atoms with E-state index in [-0.39, 0.29) is 11.3 Å². The van der Waals surface area contributed by atoms with Crippen LogP contribution in [0, 0.1) is 10.1 Å². The summed E-state index contributed by atoms with van der Waals surface area (Å²) in [6, 6.07) is 3.58. The summed E-state index contributed by atoms with van der Waals surface area (Å²) in [7, 11) is 2.54. The highest BCUT2D eigenvalue weighted by Crippen LogP contribution is 2.39. The number of methoxy groups -OCH3 is 2. The predicted molar refractivity (Wildman–Crippen MR) is 106 cm³/mol. The van der Waals surface area contributed by atoms with Crippen LogP contribution in [0.2, 0.25) is 0 Å². The Morgan fingerprint density at radius 1 is 1.20 bits per heavy atom. The number of carbonyl (C=O) groups excluding carboxylic acids is 3. The maximum Gasteiger partial charge on any atom is 0.341 e. The number of nitrogens with zero attached hydrogens (tertiary/aromatic N) is 1. The number of nitrogens with one attached hydrogen (secondary N) is 1. The summed E-state index contributed by atoms with van der Waals surface area (Å²) >= 11 is 1.30. The molecule has 0 unspecified atom stereocenters. The summed E-state index contributed by atoms with van der Waals surface area (Å²) in [6.45, 7) is -0.623. The lowest BCUT2D eigenvalue weighted by atomic mass is 10.1. The monoisotopic (exact) mass is 434 g/mol. The number of hydrogen-bond acceptors (Lipinski definition) is 9. The van der Waals surface area contributed by atoms with Crippen LogP contribution in [0.3, 0.4) is 0 Å². The molecule has 1 N–H and O–H groups in total. The van der Waals surface area contributed by atoms with E-state index in [9.17, 15) is 24.5 Å². The summed E-state index contributed by atoms with van der Waals surface area (Å²) in [4.78, 5) is 47.9. The second-order valence-corrected chi connectivity index (χ2v) is 7.43. The topological polar surface area (TPSA) is 134 Å². The third kappa shape index (κ3) is 4.25. The molecule has 1 aliphatic rings. The van der Waals surface area contributed by atoms with E-state index >= 15 is 0 Å². The third-order valence-corrected chi connectivity index (χ3v) is 5.72. The number of esters is 2. The van der Waals surface area contributed by atoms with Gasteiger partial charge in [0.15, 0.2) is 12.4 Å². The Morgan fingerprint density at radius 3 is 2.63 bits per heavy atom. The minimum absolute atomic E-state index is 0.00428. The Balaban J connectivity index is 1.67. The van der Waals surface area contributed by atoms with E-state index < -0.39 is 35.1 Å². The van der Waals surface area contributed by atoms with Crippen LogP contribution in [-0.2, 0) is 27.1 Å². The molecule has 1 aromatic heterocycles. The number of aryl methyl sites for hydroxylation is 1. The van der Waals surface area contributed by atoms with Crippen LogP contribution in [0.4, 0.5) is 10.7 Å². The number of benzene rings is 1. The molecule has 0 fully saturated rings. The van der Waals surface area contributed by atoms with Crippen LogP contribution in [0.25, 0.3) is 0 Å². The second-order valence-electron chi connectivity index (χ2n) is 6.32. The van der Waals surface area contributed by atoms with Gasteiger partial charge in [-0.05, 0) is 37.0 Å². The normalized spacial score (nSPS) is 12.1. The summed E-state index contributed by atoms with van der Waals surface area (Å²) in [6.07, 6.45) is 2.49. The van der Waals surface area contributed by atoms with Crippen molar-refractivity contribution >= 4 is 39.9 Å². The molecule has 1 amide bonds. The van der Waals surface area contributed by atoms with Crippen molar-refractivity contribution in [3.05, 3.63) is 49.9 Å². The van der Waals surface area contributed by atoms with E-state index in [1.54, 1.807) is 0 Å². The van der Waals surface area contributed by atoms with Crippen molar-refractivity contribution in [2.45, 2.75) is 19.3 Å². The molecule has 0 bridgehead atoms. The molecule has 158 valence electrons. The molecular weight excluding hydrogens is 416 g/mol. The zero-order valence-electron chi connectivity index (χ0n) is 16.2. The Bertz CT molecular complexity index is 1030. The van der Waals surface area contributed by atoms with Gasteiger partial charge in [0.05, 0.1) is 30.3 Å². The van der Waals surface area contributed by atoms with Gasteiger partial charge in [-0.2, -0.15) is 0 Å². The molecule has 2 aromatic rings. The molecule has 0 radical (unpaired) electrons. The number of fused-ring (bicyclic) bond motifs is 1. The summed E-state index contributed by atoms with van der Waals surface area (Å²) in [5.41, 5.74) is 0.720. The largest absolute Gasteiger partial charge is 0.490 e. The minimum Gasteiger partial charge on any atom is -0.490 e. The lowest BCUT2D eigenvalue weighted by Crippen LogP contribution is -2.21. The molecule has 1 aromatic carbocycles. The Labute approximate surface area is 174 Å². The van der Waals surface area contributed by atoms with Gasteiger partial charge >= 0.3 is 17.6 Å². The van der Waals surface area contributed by atoms with Crippen LogP contribution in [-0.4, -0.2) is 43.6 Å². The molecule has 1 heterocycles. The first-order valence-electron chi connectivity index (χ1n) is 8.88. The second kappa shape index (κ2) is 8.91. The van der Waals surface area contributed by atoms with Gasteiger partial charge in [-0.15, -0.1) is 11.3 Å². The zero-order valence-corrected chi connectivity index (χ0v) is 17.0. The van der Waals surface area contributed by atoms with Gasteiger partial charge in [0, 0.05) is 10.9 Å². The van der Waals surface area contributed by atoms with Gasteiger partial charge in [-0.3, -0.25) is 14.9 Å². The number of ether oxygens (including phenoxy) is 3. The molecule has 0 aliphatic heterocycles. The maximum absolute atomic E-state index is 12.3. The first kappa shape index (κ1) is 21.2. The van der Waals surface area contributed by atoms with Crippen molar-refractivity contribution in [3.8, 4) is 5.75 Å². The van der Waals surface area contributed by atoms with Crippen LogP contribution in [0.1, 0.15) is 37.6 Å². The lowest BCUT2D eigenvalue weighted by Gasteiger charge is -2.08. The van der Waals surface area contributed by atoms with E-state index in [0.29, 0.717) is 10.6 Å². The minimum atomic E-state index is -0.905. The number of nitro benzene ring substituents is 1. The molecule has 3 rings (SSSR count). The molecular formula is C19H18N2O8S. The first-order valence-corrected chi connectivity index (χ1v) is 9.69. The lowest BCUT2D eigenvalue weighted by molar-refractivity contribution is -0.385. The molecule has 10 nitrogen and oxygen atoms in total. The van der Waals surface area contributed by atoms with E-state index in [2.05, 4.69) is 5.32 Å². The smallest absolute Gasteiger partial charge is 0.341 e. The van der Waals surface area contributed by atoms with Gasteiger partial charge in [-0.25, -0.2) is 9.59 Å². The Kier molecular flexibility index (Phi) is 6.31. The highest BCUT2D eigenvalue weighted by Gasteiger charge is 2.28. The highest BCUT2D eigenvalue weighted by molar-refractivity contribution is 7.17. The third-order valence-electron chi connectivity index (χ3n) is 4.51. The molecule has 1 aliphatic carbocycles. The fourth-order valence-corrected chi connectivity index (χ4v) is 4.44. The number of hydrogen-bond donors (Lipinski definition) is 1. The molecule has 0 spiro atoms. The predicted octanol–water partition coefficient (Wildman–Crippen LogP) is 2.74. The number of rotatable bonds is 7. The van der Waals surface area contributed by atoms with Crippen molar-refractivity contribution in [1.29, 1.82) is 0 Å². The van der Waals surface area contributed by atoms with E-state index in [0.717, 1.165) is 35.8 Å². The number of anilines is 1. The fourth-order valence-electron chi connectivity index (χ4n) is 3.15. The summed E-state index contributed by atoms with van der Waals surface area (Å²) in [5.74, 6) is -2.09. The van der Waals surface area contributed by atoms with Gasteiger partial charge in [0.1, 0.15) is 5.00 Å². The summed E-state index contributed by atoms with van der Waals surface area (Å²) < 4.78 is 14.6. The van der Waals surface area contributed by atoms with Crippen LogP contribution >= 0.6 is 11.3 Å². The molecule has 0 saturated carbocycles. The highest BCUT2D eigenvalue weighted by atomic mass is 32.1. The summed E-state index contributed by atoms with van der Waals surface area (Å²) in [5, 5.41) is 14.0. The van der Waals surface area contributed by atoms with Crippen molar-refractivity contribution in [2.24, 2.45) is 0 Å². The van der Waals surface area contributed by atoms with Crippen LogP contribution in [0.5, 0.6) is 5.75 Å². The fraction of sp³-hybridized carbons (Fsp3) is 0.316. The van der Waals surface area contributed by atoms with Crippen molar-refractivity contribution in [1.82, 2.24) is 0 Å². The first-order chi connectivity index (χ1) is 14.3. The number of nitro groups is 1. The maximum atomic E-state index is 12.3. The SMILES string of the molecule is COC(=O)c1c(NC(=O)COC(=O)c2ccc(OC)c([N+](=O)[O-])c2)sc2c1CCC2. The average Bonchev–Trinajstić information content (AvgIpc) is 3.31. The van der Waals surface area contributed by atoms with Gasteiger partial charge < -0.3 is 19.5 Å². The van der Waals surface area contributed by atoms with Gasteiger partial charge in [0.2, 0.25) is 0 Å². The van der Waals surface area contributed by atoms with E-state index in [1.807, 2.05) is 0 Å². The molecule has 11 heteroatoms. The number of carbonyl (C=O) groups is 3. The van der Waals surface area contributed by atoms with E-state index in [1.165, 1.54) is 37.7 Å². The van der Waals surface area contributed by atoms with Gasteiger partial charge in [-0.1, -0.05) is 0 Å². The Morgan fingerprint density at radius 2 is 1.97 bits per heavy atom. The number of thiophene rings is 1.